The van der Waals surface area contributed by atoms with Crippen LogP contribution in [0.5, 0.6) is 0 Å². The standard InChI is InChI=1S/C23H37N7O/c1-4-22-28-26-18-30(22)13-11-25-23(24-10-7-12-29-14-16-31-17-15-29)27-20(3)21-9-6-5-8-19(21)2/h5-6,8-9,18,20H,4,7,10-17H2,1-3H3,(H2,24,25,27). The number of aliphatic imine (C=N–C) groups is 1. The lowest BCUT2D eigenvalue weighted by Gasteiger charge is -2.26. The van der Waals surface area contributed by atoms with Crippen molar-refractivity contribution in [2.45, 2.75) is 46.2 Å². The quantitative estimate of drug-likeness (QED) is 0.344. The largest absolute Gasteiger partial charge is 0.379 e. The molecule has 0 spiro atoms. The van der Waals surface area contributed by atoms with Crippen molar-refractivity contribution in [3.05, 3.63) is 47.5 Å². The third-order valence-electron chi connectivity index (χ3n) is 5.67. The van der Waals surface area contributed by atoms with Crippen molar-refractivity contribution < 1.29 is 4.74 Å². The molecule has 2 heterocycles. The summed E-state index contributed by atoms with van der Waals surface area (Å²) < 4.78 is 7.52. The van der Waals surface area contributed by atoms with E-state index < -0.39 is 0 Å². The van der Waals surface area contributed by atoms with Crippen LogP contribution in [0.2, 0.25) is 0 Å². The number of hydrogen-bond donors (Lipinski definition) is 2. The maximum Gasteiger partial charge on any atom is 0.191 e. The zero-order valence-electron chi connectivity index (χ0n) is 19.2. The number of rotatable bonds is 10. The summed E-state index contributed by atoms with van der Waals surface area (Å²) >= 11 is 0. The Kier molecular flexibility index (Phi) is 9.30. The molecule has 170 valence electrons. The predicted molar refractivity (Wildman–Crippen MR) is 124 cm³/mol. The molecule has 8 nitrogen and oxygen atoms in total. The average Bonchev–Trinajstić information content (AvgIpc) is 3.25. The molecule has 1 fully saturated rings. The highest BCUT2D eigenvalue weighted by atomic mass is 16.5. The molecule has 0 radical (unpaired) electrons. The van der Waals surface area contributed by atoms with E-state index in [1.165, 1.54) is 11.1 Å². The Morgan fingerprint density at radius 2 is 2.03 bits per heavy atom. The summed E-state index contributed by atoms with van der Waals surface area (Å²) in [4.78, 5) is 7.31. The molecular formula is C23H37N7O. The zero-order valence-corrected chi connectivity index (χ0v) is 19.2. The average molecular weight is 428 g/mol. The molecule has 8 heteroatoms. The number of nitrogens with zero attached hydrogens (tertiary/aromatic N) is 5. The molecule has 1 atom stereocenters. The van der Waals surface area contributed by atoms with Gasteiger partial charge in [0.2, 0.25) is 0 Å². The maximum absolute atomic E-state index is 5.43. The summed E-state index contributed by atoms with van der Waals surface area (Å²) in [6.45, 7) is 13.6. The predicted octanol–water partition coefficient (Wildman–Crippen LogP) is 2.17. The SMILES string of the molecule is CCc1nncn1CCNC(=NCCCN1CCOCC1)NC(C)c1ccccc1C. The lowest BCUT2D eigenvalue weighted by molar-refractivity contribution is 0.0377. The van der Waals surface area contributed by atoms with Gasteiger partial charge in [-0.15, -0.1) is 10.2 Å². The number of ether oxygens (including phenoxy) is 1. The Morgan fingerprint density at radius 1 is 1.23 bits per heavy atom. The molecule has 0 saturated carbocycles. The van der Waals surface area contributed by atoms with E-state index in [0.29, 0.717) is 0 Å². The molecular weight excluding hydrogens is 390 g/mol. The van der Waals surface area contributed by atoms with E-state index in [0.717, 1.165) is 77.1 Å². The first kappa shape index (κ1) is 23.2. The van der Waals surface area contributed by atoms with Gasteiger partial charge in [-0.05, 0) is 31.4 Å². The fraction of sp³-hybridized carbons (Fsp3) is 0.609. The summed E-state index contributed by atoms with van der Waals surface area (Å²) in [6.07, 6.45) is 3.71. The van der Waals surface area contributed by atoms with Crippen LogP contribution in [0, 0.1) is 6.92 Å². The summed E-state index contributed by atoms with van der Waals surface area (Å²) in [6, 6.07) is 8.67. The number of morpholine rings is 1. The van der Waals surface area contributed by atoms with Gasteiger partial charge in [-0.1, -0.05) is 31.2 Å². The monoisotopic (exact) mass is 427 g/mol. The van der Waals surface area contributed by atoms with E-state index in [4.69, 9.17) is 9.73 Å². The van der Waals surface area contributed by atoms with Crippen molar-refractivity contribution in [3.8, 4) is 0 Å². The molecule has 2 N–H and O–H groups in total. The van der Waals surface area contributed by atoms with Crippen molar-refractivity contribution >= 4 is 5.96 Å². The molecule has 1 aromatic heterocycles. The van der Waals surface area contributed by atoms with Crippen molar-refractivity contribution in [3.63, 3.8) is 0 Å². The highest BCUT2D eigenvalue weighted by Crippen LogP contribution is 2.16. The topological polar surface area (TPSA) is 79.6 Å². The summed E-state index contributed by atoms with van der Waals surface area (Å²) in [5.41, 5.74) is 2.57. The Morgan fingerprint density at radius 3 is 2.81 bits per heavy atom. The molecule has 0 amide bonds. The number of benzene rings is 1. The van der Waals surface area contributed by atoms with Crippen LogP contribution in [0.3, 0.4) is 0 Å². The van der Waals surface area contributed by atoms with E-state index in [1.54, 1.807) is 6.33 Å². The van der Waals surface area contributed by atoms with Crippen LogP contribution in [0.4, 0.5) is 0 Å². The highest BCUT2D eigenvalue weighted by molar-refractivity contribution is 5.80. The maximum atomic E-state index is 5.43. The molecule has 1 unspecified atom stereocenters. The van der Waals surface area contributed by atoms with Gasteiger partial charge in [-0.3, -0.25) is 9.89 Å². The van der Waals surface area contributed by atoms with Gasteiger partial charge in [0, 0.05) is 45.7 Å². The van der Waals surface area contributed by atoms with E-state index >= 15 is 0 Å². The minimum atomic E-state index is 0.174. The first-order valence-electron chi connectivity index (χ1n) is 11.4. The second kappa shape index (κ2) is 12.4. The summed E-state index contributed by atoms with van der Waals surface area (Å²) in [5.74, 6) is 1.86. The fourth-order valence-electron chi connectivity index (χ4n) is 3.85. The highest BCUT2D eigenvalue weighted by Gasteiger charge is 2.12. The van der Waals surface area contributed by atoms with Gasteiger partial charge in [-0.2, -0.15) is 0 Å². The van der Waals surface area contributed by atoms with Crippen LogP contribution < -0.4 is 10.6 Å². The van der Waals surface area contributed by atoms with Crippen LogP contribution in [-0.2, 0) is 17.7 Å². The van der Waals surface area contributed by atoms with Crippen molar-refractivity contribution in [1.82, 2.24) is 30.3 Å². The number of hydrogen-bond acceptors (Lipinski definition) is 5. The summed E-state index contributed by atoms with van der Waals surface area (Å²) in [7, 11) is 0. The van der Waals surface area contributed by atoms with Crippen molar-refractivity contribution in [1.29, 1.82) is 0 Å². The van der Waals surface area contributed by atoms with E-state index in [-0.39, 0.29) is 6.04 Å². The van der Waals surface area contributed by atoms with Gasteiger partial charge in [0.15, 0.2) is 5.96 Å². The van der Waals surface area contributed by atoms with Gasteiger partial charge in [0.05, 0.1) is 19.3 Å². The molecule has 0 bridgehead atoms. The van der Waals surface area contributed by atoms with Crippen LogP contribution in [-0.4, -0.2) is 71.6 Å². The Hall–Kier alpha value is -2.45. The molecule has 1 saturated heterocycles. The van der Waals surface area contributed by atoms with Gasteiger partial charge < -0.3 is 19.9 Å². The summed E-state index contributed by atoms with van der Waals surface area (Å²) in [5, 5.41) is 15.3. The second-order valence-electron chi connectivity index (χ2n) is 7.98. The van der Waals surface area contributed by atoms with E-state index in [1.807, 2.05) is 0 Å². The molecule has 0 aliphatic carbocycles. The molecule has 1 aliphatic rings. The fourth-order valence-corrected chi connectivity index (χ4v) is 3.85. The molecule has 31 heavy (non-hydrogen) atoms. The first-order chi connectivity index (χ1) is 15.2. The van der Waals surface area contributed by atoms with E-state index in [2.05, 4.69) is 75.3 Å². The number of guanidine groups is 1. The Labute approximate surface area is 186 Å². The van der Waals surface area contributed by atoms with Crippen LogP contribution in [0.1, 0.15) is 43.3 Å². The first-order valence-corrected chi connectivity index (χ1v) is 11.4. The number of nitrogens with one attached hydrogen (secondary N) is 2. The minimum absolute atomic E-state index is 0.174. The van der Waals surface area contributed by atoms with Crippen LogP contribution in [0.25, 0.3) is 0 Å². The van der Waals surface area contributed by atoms with Gasteiger partial charge >= 0.3 is 0 Å². The van der Waals surface area contributed by atoms with Gasteiger partial charge in [-0.25, -0.2) is 0 Å². The van der Waals surface area contributed by atoms with Crippen LogP contribution >= 0.6 is 0 Å². The minimum Gasteiger partial charge on any atom is -0.379 e. The third kappa shape index (κ3) is 7.33. The zero-order chi connectivity index (χ0) is 21.9. The lowest BCUT2D eigenvalue weighted by Crippen LogP contribution is -2.41. The van der Waals surface area contributed by atoms with E-state index in [9.17, 15) is 0 Å². The normalized spacial score (nSPS) is 16.3. The number of aryl methyl sites for hydroxylation is 2. The lowest BCUT2D eigenvalue weighted by atomic mass is 10.0. The second-order valence-corrected chi connectivity index (χ2v) is 7.98. The third-order valence-corrected chi connectivity index (χ3v) is 5.67. The molecule has 3 rings (SSSR count). The van der Waals surface area contributed by atoms with Crippen LogP contribution in [0.15, 0.2) is 35.6 Å². The van der Waals surface area contributed by atoms with Crippen molar-refractivity contribution in [2.75, 3.05) is 45.9 Å². The number of aromatic nitrogens is 3. The Balaban J connectivity index is 1.56. The molecule has 1 aliphatic heterocycles. The smallest absolute Gasteiger partial charge is 0.191 e. The molecule has 2 aromatic rings. The molecule has 1 aromatic carbocycles. The van der Waals surface area contributed by atoms with Crippen molar-refractivity contribution in [2.24, 2.45) is 4.99 Å². The van der Waals surface area contributed by atoms with Gasteiger partial charge in [0.25, 0.3) is 0 Å². The van der Waals surface area contributed by atoms with Gasteiger partial charge in [0.1, 0.15) is 12.2 Å². The Bertz CT molecular complexity index is 814.